The van der Waals surface area contributed by atoms with Crippen molar-refractivity contribution in [2.45, 2.75) is 0 Å². The molecule has 12 heterocycles. The van der Waals surface area contributed by atoms with E-state index in [4.69, 9.17) is 28.8 Å². The average molecular weight is 1670 g/mol. The van der Waals surface area contributed by atoms with Crippen LogP contribution in [0.15, 0.2) is 397 Å². The van der Waals surface area contributed by atoms with Crippen LogP contribution in [-0.4, -0.2) is 37.5 Å². The molecule has 32 rings (SSSR count). The third kappa shape index (κ3) is 9.94. The molecule has 0 fully saturated rings. The quantitative estimate of drug-likeness (QED) is 0.140. The number of fused-ring (bicyclic) bond motifs is 52. The highest BCUT2D eigenvalue weighted by atomic mass is 32.1. The summed E-state index contributed by atoms with van der Waals surface area (Å²) in [6.45, 7) is 0. The minimum absolute atomic E-state index is 0.901. The molecule has 592 valence electrons. The molecule has 0 radical (unpaired) electrons. The Morgan fingerprint density at radius 2 is 0.445 bits per heavy atom. The fourth-order valence-corrected chi connectivity index (χ4v) is 23.6. The van der Waals surface area contributed by atoms with Gasteiger partial charge in [0.25, 0.3) is 0 Å². The lowest BCUT2D eigenvalue weighted by Gasteiger charge is -2.12. The largest absolute Gasteiger partial charge is 0.456 e. The van der Waals surface area contributed by atoms with Crippen LogP contribution in [0.3, 0.4) is 0 Å². The van der Waals surface area contributed by atoms with Crippen molar-refractivity contribution in [3.05, 3.63) is 388 Å². The molecule has 0 N–H and O–H groups in total. The van der Waals surface area contributed by atoms with Crippen molar-refractivity contribution < 1.29 is 8.83 Å². The molecule has 0 aliphatic carbocycles. The smallest absolute Gasteiger partial charge is 0.147 e. The summed E-state index contributed by atoms with van der Waals surface area (Å²) in [6.07, 6.45) is 0. The zero-order valence-electron chi connectivity index (χ0n) is 68.2. The second-order valence-electron chi connectivity index (χ2n) is 33.7. The first-order chi connectivity index (χ1) is 63.5. The van der Waals surface area contributed by atoms with E-state index >= 15 is 0 Å². The van der Waals surface area contributed by atoms with Crippen molar-refractivity contribution in [1.29, 1.82) is 0 Å². The molecular weight excluding hydrogens is 1600 g/mol. The van der Waals surface area contributed by atoms with E-state index < -0.39 is 0 Å². The Kier molecular flexibility index (Phi) is 14.4. The highest BCUT2D eigenvalue weighted by molar-refractivity contribution is 7.26. The Hall–Kier alpha value is -16.6. The molecule has 0 bridgehead atoms. The Balaban J connectivity index is 0.0000000845. The van der Waals surface area contributed by atoms with E-state index in [1.165, 1.54) is 159 Å². The standard InChI is InChI=1S/2C29H16N2O.2C29H16N2S/c1-2-8-18-17(7-1)13-14-20-21-16-27-22(19-9-3-6-12-26(19)32-27)15-25(21)31-24-11-5-4-10-23(24)30-29(31)28(18)20;1-2-8-18-17(7-1)13-14-20-21-15-22-19-9-3-6-12-26(19)32-27(22)16-25(21)31-24-11-5-4-10-23(24)30-29(31)28(18)20;1-2-8-18-17(7-1)13-14-20-21-16-27-22(19-9-3-6-12-26(19)32-27)15-25(21)31-24-11-5-4-10-23(24)30-29(31)28(18)20;1-2-8-18-17(7-1)13-14-20-21-15-22-19-9-3-6-12-26(19)32-27(22)16-25(21)31-24-11-5-4-10-23(24)30-29(31)28(18)20/h4*1-16H. The molecule has 12 aromatic heterocycles. The highest BCUT2D eigenvalue weighted by Gasteiger charge is 2.25. The molecule has 0 spiro atoms. The van der Waals surface area contributed by atoms with Gasteiger partial charge >= 0.3 is 0 Å². The second-order valence-corrected chi connectivity index (χ2v) is 35.9. The molecule has 0 saturated carbocycles. The molecule has 10 nitrogen and oxygen atoms in total. The van der Waals surface area contributed by atoms with Gasteiger partial charge < -0.3 is 8.83 Å². The van der Waals surface area contributed by atoms with Crippen LogP contribution in [0.5, 0.6) is 0 Å². The third-order valence-corrected chi connectivity index (χ3v) is 29.2. The molecule has 0 atom stereocenters. The lowest BCUT2D eigenvalue weighted by molar-refractivity contribution is 0.669. The molecule has 32 aromatic rings. The van der Waals surface area contributed by atoms with Crippen LogP contribution < -0.4 is 0 Å². The van der Waals surface area contributed by atoms with Gasteiger partial charge in [-0.25, -0.2) is 19.9 Å². The fourth-order valence-electron chi connectivity index (χ4n) is 21.3. The summed E-state index contributed by atoms with van der Waals surface area (Å²) < 4.78 is 27.2. The van der Waals surface area contributed by atoms with Crippen LogP contribution in [0.25, 0.3) is 281 Å². The summed E-state index contributed by atoms with van der Waals surface area (Å²) in [6, 6.07) is 138. The SMILES string of the molecule is c1ccc2c(c1)ccc1c3cc4c(cc3n3c5ccccc5nc3c21)oc1ccccc14.c1ccc2c(c1)ccc1c3cc4c(cc3n3c5ccccc5nc3c21)sc1ccccc14.c1ccc2c(c1)ccc1c3cc4oc5ccccc5c4cc3n3c4ccccc4nc3c21.c1ccc2c(c1)ccc1c3cc4sc5ccccc5c4cc3n3c4ccccc4nc3c21. The van der Waals surface area contributed by atoms with Gasteiger partial charge in [-0.15, -0.1) is 22.7 Å². The first-order valence-electron chi connectivity index (χ1n) is 43.3. The molecular formula is C116H64N8O2S2. The maximum Gasteiger partial charge on any atom is 0.147 e. The molecule has 0 amide bonds. The van der Waals surface area contributed by atoms with Gasteiger partial charge in [-0.3, -0.25) is 17.6 Å². The van der Waals surface area contributed by atoms with Crippen molar-refractivity contribution in [2.24, 2.45) is 0 Å². The van der Waals surface area contributed by atoms with E-state index in [0.29, 0.717) is 0 Å². The van der Waals surface area contributed by atoms with Gasteiger partial charge in [-0.05, 0) is 180 Å². The maximum atomic E-state index is 6.25. The highest BCUT2D eigenvalue weighted by Crippen LogP contribution is 2.48. The third-order valence-electron chi connectivity index (χ3n) is 27.0. The van der Waals surface area contributed by atoms with Crippen molar-refractivity contribution in [3.63, 3.8) is 0 Å². The topological polar surface area (TPSA) is 95.5 Å². The van der Waals surface area contributed by atoms with Gasteiger partial charge in [-0.1, -0.05) is 267 Å². The lowest BCUT2D eigenvalue weighted by atomic mass is 9.98. The van der Waals surface area contributed by atoms with E-state index in [9.17, 15) is 0 Å². The van der Waals surface area contributed by atoms with Crippen molar-refractivity contribution >= 4 is 303 Å². The Labute approximate surface area is 732 Å². The van der Waals surface area contributed by atoms with Gasteiger partial charge in [0.15, 0.2) is 0 Å². The number of hydrogen-bond donors (Lipinski definition) is 0. The molecule has 20 aromatic carbocycles. The average Bonchev–Trinajstić information content (AvgIpc) is 1.53. The first-order valence-corrected chi connectivity index (χ1v) is 44.9. The van der Waals surface area contributed by atoms with E-state index in [1.54, 1.807) is 0 Å². The number of rotatable bonds is 0. The number of aromatic nitrogens is 8. The molecule has 0 aliphatic rings. The van der Waals surface area contributed by atoms with Crippen LogP contribution in [0, 0.1) is 0 Å². The van der Waals surface area contributed by atoms with E-state index in [0.717, 1.165) is 122 Å². The Morgan fingerprint density at radius 1 is 0.164 bits per heavy atom. The number of hydrogen-bond acceptors (Lipinski definition) is 8. The van der Waals surface area contributed by atoms with Crippen LogP contribution in [-0.2, 0) is 0 Å². The summed E-state index contributed by atoms with van der Waals surface area (Å²) in [5, 5.41) is 34.5. The van der Waals surface area contributed by atoms with Crippen molar-refractivity contribution in [2.75, 3.05) is 0 Å². The zero-order valence-corrected chi connectivity index (χ0v) is 69.8. The van der Waals surface area contributed by atoms with Gasteiger partial charge in [-0.2, -0.15) is 0 Å². The maximum absolute atomic E-state index is 6.25. The Bertz CT molecular complexity index is 9960. The lowest BCUT2D eigenvalue weighted by Crippen LogP contribution is -1.92. The number of thiophene rings is 2. The summed E-state index contributed by atoms with van der Waals surface area (Å²) >= 11 is 3.74. The molecule has 0 unspecified atom stereocenters. The fraction of sp³-hybridized carbons (Fsp3) is 0. The van der Waals surface area contributed by atoms with Crippen LogP contribution in [0.2, 0.25) is 0 Å². The van der Waals surface area contributed by atoms with Crippen molar-refractivity contribution in [3.8, 4) is 0 Å². The predicted octanol–water partition coefficient (Wildman–Crippen LogP) is 32.3. The number of benzene rings is 20. The second kappa shape index (κ2) is 26.5. The summed E-state index contributed by atoms with van der Waals surface area (Å²) in [4.78, 5) is 20.5. The van der Waals surface area contributed by atoms with Crippen LogP contribution in [0.1, 0.15) is 0 Å². The molecule has 128 heavy (non-hydrogen) atoms. The molecule has 0 aliphatic heterocycles. The van der Waals surface area contributed by atoms with Gasteiger partial charge in [0.05, 0.1) is 66.2 Å². The summed E-state index contributed by atoms with van der Waals surface area (Å²) in [7, 11) is 0. The summed E-state index contributed by atoms with van der Waals surface area (Å²) in [5.41, 5.74) is 21.0. The number of para-hydroxylation sites is 10. The zero-order chi connectivity index (χ0) is 83.2. The van der Waals surface area contributed by atoms with Gasteiger partial charge in [0, 0.05) is 111 Å². The van der Waals surface area contributed by atoms with E-state index in [-0.39, 0.29) is 0 Å². The van der Waals surface area contributed by atoms with Crippen LogP contribution >= 0.6 is 22.7 Å². The van der Waals surface area contributed by atoms with Crippen molar-refractivity contribution in [1.82, 2.24) is 37.5 Å². The normalized spacial score (nSPS) is 12.4. The summed E-state index contributed by atoms with van der Waals surface area (Å²) in [5.74, 6) is 0. The predicted molar refractivity (Wildman–Crippen MR) is 541 cm³/mol. The number of nitrogens with zero attached hydrogens (tertiary/aromatic N) is 8. The van der Waals surface area contributed by atoms with E-state index in [2.05, 4.69) is 382 Å². The van der Waals surface area contributed by atoms with Crippen LogP contribution in [0.4, 0.5) is 0 Å². The molecule has 12 heteroatoms. The minimum Gasteiger partial charge on any atom is -0.456 e. The number of imidazole rings is 4. The van der Waals surface area contributed by atoms with Gasteiger partial charge in [0.2, 0.25) is 0 Å². The first kappa shape index (κ1) is 69.8. The monoisotopic (exact) mass is 1660 g/mol. The molecule has 0 saturated heterocycles. The number of furan rings is 2. The minimum atomic E-state index is 0.901. The number of pyridine rings is 4. The van der Waals surface area contributed by atoms with Gasteiger partial charge in [0.1, 0.15) is 44.9 Å². The van der Waals surface area contributed by atoms with E-state index in [1.807, 2.05) is 46.9 Å². The Morgan fingerprint density at radius 3 is 0.859 bits per heavy atom.